The molecule has 12 heavy (non-hydrogen) atoms. The molecule has 3 heteroatoms. The summed E-state index contributed by atoms with van der Waals surface area (Å²) in [6.45, 7) is 2.48. The standard InChI is InChI=1S/C9H13NO2/c1-2-3-6-10(7-9(11)12)8-4-5-8/h8H,4-7H2,1H3,(H,11,12). The molecule has 1 rings (SSSR count). The van der Waals surface area contributed by atoms with E-state index in [0.29, 0.717) is 12.6 Å². The molecule has 1 N–H and O–H groups in total. The number of rotatable bonds is 4. The Balaban J connectivity index is 2.35. The molecule has 3 nitrogen and oxygen atoms in total. The van der Waals surface area contributed by atoms with Gasteiger partial charge in [-0.3, -0.25) is 9.69 Å². The van der Waals surface area contributed by atoms with Gasteiger partial charge in [0.2, 0.25) is 0 Å². The highest BCUT2D eigenvalue weighted by Crippen LogP contribution is 2.25. The fraction of sp³-hybridized carbons (Fsp3) is 0.667. The molecule has 1 saturated carbocycles. The predicted octanol–water partition coefficient (Wildman–Crippen LogP) is 0.559. The van der Waals surface area contributed by atoms with E-state index in [9.17, 15) is 4.79 Å². The lowest BCUT2D eigenvalue weighted by molar-refractivity contribution is -0.138. The quantitative estimate of drug-likeness (QED) is 0.622. The molecular formula is C9H13NO2. The Morgan fingerprint density at radius 1 is 1.67 bits per heavy atom. The zero-order valence-electron chi connectivity index (χ0n) is 7.21. The number of nitrogens with zero attached hydrogens (tertiary/aromatic N) is 1. The van der Waals surface area contributed by atoms with Gasteiger partial charge in [-0.2, -0.15) is 0 Å². The average molecular weight is 167 g/mol. The fourth-order valence-electron chi connectivity index (χ4n) is 1.11. The molecule has 0 unspecified atom stereocenters. The summed E-state index contributed by atoms with van der Waals surface area (Å²) in [5, 5.41) is 8.57. The number of carboxylic acid groups (broad SMARTS) is 1. The highest BCUT2D eigenvalue weighted by atomic mass is 16.4. The Morgan fingerprint density at radius 2 is 2.33 bits per heavy atom. The van der Waals surface area contributed by atoms with Gasteiger partial charge in [-0.05, 0) is 19.8 Å². The smallest absolute Gasteiger partial charge is 0.317 e. The third-order valence-corrected chi connectivity index (χ3v) is 1.86. The lowest BCUT2D eigenvalue weighted by atomic mass is 10.4. The molecule has 0 heterocycles. The average Bonchev–Trinajstić information content (AvgIpc) is 2.79. The van der Waals surface area contributed by atoms with Crippen molar-refractivity contribution in [1.82, 2.24) is 4.90 Å². The summed E-state index contributed by atoms with van der Waals surface area (Å²) in [5.41, 5.74) is 0. The number of hydrogen-bond donors (Lipinski definition) is 1. The van der Waals surface area contributed by atoms with Gasteiger partial charge in [0.1, 0.15) is 0 Å². The highest BCUT2D eigenvalue weighted by molar-refractivity contribution is 5.69. The second-order valence-electron chi connectivity index (χ2n) is 2.96. The first kappa shape index (κ1) is 9.08. The van der Waals surface area contributed by atoms with Crippen LogP contribution in [0.3, 0.4) is 0 Å². The topological polar surface area (TPSA) is 40.5 Å². The van der Waals surface area contributed by atoms with Gasteiger partial charge in [0.05, 0.1) is 13.1 Å². The van der Waals surface area contributed by atoms with Crippen molar-refractivity contribution in [1.29, 1.82) is 0 Å². The van der Waals surface area contributed by atoms with E-state index >= 15 is 0 Å². The van der Waals surface area contributed by atoms with Crippen LogP contribution in [-0.2, 0) is 4.79 Å². The molecule has 0 atom stereocenters. The van der Waals surface area contributed by atoms with Crippen molar-refractivity contribution in [3.63, 3.8) is 0 Å². The van der Waals surface area contributed by atoms with Crippen molar-refractivity contribution in [3.05, 3.63) is 0 Å². The van der Waals surface area contributed by atoms with Gasteiger partial charge >= 0.3 is 5.97 Å². The van der Waals surface area contributed by atoms with E-state index in [4.69, 9.17) is 5.11 Å². The zero-order chi connectivity index (χ0) is 8.97. The number of carbonyl (C=O) groups is 1. The van der Waals surface area contributed by atoms with Crippen molar-refractivity contribution in [2.45, 2.75) is 25.8 Å². The second kappa shape index (κ2) is 4.13. The first-order chi connectivity index (χ1) is 5.74. The minimum atomic E-state index is -0.764. The lowest BCUT2D eigenvalue weighted by Gasteiger charge is -2.15. The summed E-state index contributed by atoms with van der Waals surface area (Å²) in [6.07, 6.45) is 2.25. The van der Waals surface area contributed by atoms with Crippen molar-refractivity contribution >= 4 is 5.97 Å². The van der Waals surface area contributed by atoms with Crippen LogP contribution in [0.5, 0.6) is 0 Å². The van der Waals surface area contributed by atoms with Gasteiger partial charge in [0, 0.05) is 6.04 Å². The van der Waals surface area contributed by atoms with E-state index in [-0.39, 0.29) is 6.54 Å². The molecule has 0 aromatic heterocycles. The van der Waals surface area contributed by atoms with Crippen molar-refractivity contribution in [3.8, 4) is 11.8 Å². The van der Waals surface area contributed by atoms with E-state index in [0.717, 1.165) is 12.8 Å². The van der Waals surface area contributed by atoms with Crippen molar-refractivity contribution < 1.29 is 9.90 Å². The van der Waals surface area contributed by atoms with Gasteiger partial charge in [-0.25, -0.2) is 0 Å². The molecule has 0 spiro atoms. The lowest BCUT2D eigenvalue weighted by Crippen LogP contribution is -2.32. The maximum absolute atomic E-state index is 10.4. The molecule has 1 fully saturated rings. The molecule has 66 valence electrons. The third kappa shape index (κ3) is 2.93. The molecule has 1 aliphatic rings. The van der Waals surface area contributed by atoms with Gasteiger partial charge in [0.15, 0.2) is 0 Å². The van der Waals surface area contributed by atoms with Crippen LogP contribution in [0, 0.1) is 11.8 Å². The Bertz CT molecular complexity index is 222. The van der Waals surface area contributed by atoms with E-state index in [1.807, 2.05) is 4.90 Å². The fourth-order valence-corrected chi connectivity index (χ4v) is 1.11. The van der Waals surface area contributed by atoms with Crippen LogP contribution in [0.4, 0.5) is 0 Å². The number of aliphatic carboxylic acids is 1. The van der Waals surface area contributed by atoms with E-state index in [2.05, 4.69) is 11.8 Å². The molecule has 0 bridgehead atoms. The van der Waals surface area contributed by atoms with Crippen LogP contribution in [0.1, 0.15) is 19.8 Å². The van der Waals surface area contributed by atoms with Crippen molar-refractivity contribution in [2.24, 2.45) is 0 Å². The van der Waals surface area contributed by atoms with Crippen LogP contribution in [0.25, 0.3) is 0 Å². The molecule has 0 radical (unpaired) electrons. The minimum absolute atomic E-state index is 0.124. The maximum Gasteiger partial charge on any atom is 0.317 e. The molecule has 0 saturated heterocycles. The minimum Gasteiger partial charge on any atom is -0.480 e. The molecule has 0 amide bonds. The monoisotopic (exact) mass is 167 g/mol. The third-order valence-electron chi connectivity index (χ3n) is 1.86. The van der Waals surface area contributed by atoms with Gasteiger partial charge in [-0.15, -0.1) is 5.92 Å². The first-order valence-corrected chi connectivity index (χ1v) is 4.09. The molecule has 0 aliphatic heterocycles. The summed E-state index contributed by atoms with van der Waals surface area (Å²) >= 11 is 0. The Labute approximate surface area is 72.4 Å². The number of hydrogen-bond acceptors (Lipinski definition) is 2. The van der Waals surface area contributed by atoms with Gasteiger partial charge in [-0.1, -0.05) is 5.92 Å². The van der Waals surface area contributed by atoms with Crippen LogP contribution in [-0.4, -0.2) is 35.1 Å². The van der Waals surface area contributed by atoms with Crippen molar-refractivity contribution in [2.75, 3.05) is 13.1 Å². The van der Waals surface area contributed by atoms with Crippen LogP contribution < -0.4 is 0 Å². The summed E-state index contributed by atoms with van der Waals surface area (Å²) in [5.74, 6) is 4.89. The van der Waals surface area contributed by atoms with E-state index < -0.39 is 5.97 Å². The van der Waals surface area contributed by atoms with E-state index in [1.165, 1.54) is 0 Å². The molecule has 1 aliphatic carbocycles. The molecule has 0 aromatic carbocycles. The predicted molar refractivity (Wildman–Crippen MR) is 45.7 cm³/mol. The summed E-state index contributed by atoms with van der Waals surface area (Å²) in [7, 11) is 0. The van der Waals surface area contributed by atoms with Crippen LogP contribution in [0.15, 0.2) is 0 Å². The largest absolute Gasteiger partial charge is 0.480 e. The van der Waals surface area contributed by atoms with E-state index in [1.54, 1.807) is 6.92 Å². The van der Waals surface area contributed by atoms with Crippen LogP contribution in [0.2, 0.25) is 0 Å². The summed E-state index contributed by atoms with van der Waals surface area (Å²) < 4.78 is 0. The summed E-state index contributed by atoms with van der Waals surface area (Å²) in [4.78, 5) is 12.3. The number of carboxylic acids is 1. The molecular weight excluding hydrogens is 154 g/mol. The Kier molecular flexibility index (Phi) is 3.12. The van der Waals surface area contributed by atoms with Gasteiger partial charge in [0.25, 0.3) is 0 Å². The SMILES string of the molecule is CC#CCN(CC(=O)O)C1CC1. The second-order valence-corrected chi connectivity index (χ2v) is 2.96. The first-order valence-electron chi connectivity index (χ1n) is 4.09. The summed E-state index contributed by atoms with van der Waals surface area (Å²) in [6, 6.07) is 0.474. The normalized spacial score (nSPS) is 15.5. The molecule has 0 aromatic rings. The van der Waals surface area contributed by atoms with Crippen LogP contribution >= 0.6 is 0 Å². The Hall–Kier alpha value is -1.01. The highest BCUT2D eigenvalue weighted by Gasteiger charge is 2.29. The Morgan fingerprint density at radius 3 is 2.75 bits per heavy atom. The maximum atomic E-state index is 10.4. The van der Waals surface area contributed by atoms with Gasteiger partial charge < -0.3 is 5.11 Å². The zero-order valence-corrected chi connectivity index (χ0v) is 7.21.